The van der Waals surface area contributed by atoms with E-state index in [9.17, 15) is 9.59 Å². The average molecular weight is 449 g/mol. The average Bonchev–Trinajstić information content (AvgIpc) is 3.27. The van der Waals surface area contributed by atoms with Gasteiger partial charge in [-0.3, -0.25) is 9.36 Å². The molecule has 2 aromatic heterocycles. The summed E-state index contributed by atoms with van der Waals surface area (Å²) < 4.78 is 12.4. The zero-order valence-electron chi connectivity index (χ0n) is 18.0. The number of carbonyl (C=O) groups excluding carboxylic acids is 1. The van der Waals surface area contributed by atoms with Crippen molar-refractivity contribution in [2.45, 2.75) is 32.9 Å². The summed E-state index contributed by atoms with van der Waals surface area (Å²) in [6.07, 6.45) is 2.36. The molecule has 0 aliphatic heterocycles. The molecule has 164 valence electrons. The number of ether oxygens (including phenoxy) is 2. The van der Waals surface area contributed by atoms with Gasteiger partial charge in [0, 0.05) is 10.9 Å². The number of nitrogens with zero attached hydrogens (tertiary/aromatic N) is 2. The van der Waals surface area contributed by atoms with Crippen molar-refractivity contribution in [3.63, 3.8) is 0 Å². The second-order valence-electron chi connectivity index (χ2n) is 7.43. The monoisotopic (exact) mass is 448 g/mol. The molecule has 2 heterocycles. The highest BCUT2D eigenvalue weighted by atomic mass is 32.1. The molecule has 1 unspecified atom stereocenters. The van der Waals surface area contributed by atoms with Crippen molar-refractivity contribution in [1.82, 2.24) is 9.55 Å². The molecule has 0 N–H and O–H groups in total. The van der Waals surface area contributed by atoms with Crippen molar-refractivity contribution in [1.29, 1.82) is 0 Å². The van der Waals surface area contributed by atoms with E-state index in [0.717, 1.165) is 28.9 Å². The number of esters is 1. The van der Waals surface area contributed by atoms with Gasteiger partial charge < -0.3 is 9.47 Å². The normalized spacial score (nSPS) is 11.9. The summed E-state index contributed by atoms with van der Waals surface area (Å²) in [5, 5.41) is 2.42. The third-order valence-electron chi connectivity index (χ3n) is 5.14. The van der Waals surface area contributed by atoms with Gasteiger partial charge >= 0.3 is 5.97 Å². The van der Waals surface area contributed by atoms with Crippen LogP contribution < -0.4 is 10.3 Å². The van der Waals surface area contributed by atoms with E-state index < -0.39 is 12.0 Å². The number of aromatic nitrogens is 2. The lowest BCUT2D eigenvalue weighted by molar-refractivity contribution is -0.148. The largest absolute Gasteiger partial charge is 0.494 e. The Morgan fingerprint density at radius 2 is 1.88 bits per heavy atom. The van der Waals surface area contributed by atoms with Crippen LogP contribution in [0.4, 0.5) is 0 Å². The SMILES string of the molecule is CCCOc1ccc(-c2csc3ncn(C(C)C(=O)OCc4ccccc4)c(=O)c23)cc1. The first kappa shape index (κ1) is 21.8. The van der Waals surface area contributed by atoms with Crippen molar-refractivity contribution in [3.05, 3.63) is 82.2 Å². The number of hydrogen-bond acceptors (Lipinski definition) is 6. The van der Waals surface area contributed by atoms with Gasteiger partial charge in [0.1, 0.15) is 23.2 Å². The second-order valence-corrected chi connectivity index (χ2v) is 8.29. The maximum atomic E-state index is 13.3. The fourth-order valence-corrected chi connectivity index (χ4v) is 4.25. The predicted octanol–water partition coefficient (Wildman–Crippen LogP) is 5.22. The van der Waals surface area contributed by atoms with E-state index in [1.807, 2.05) is 60.0 Å². The highest BCUT2D eigenvalue weighted by molar-refractivity contribution is 7.17. The molecule has 0 amide bonds. The van der Waals surface area contributed by atoms with Crippen molar-refractivity contribution >= 4 is 27.5 Å². The first-order valence-electron chi connectivity index (χ1n) is 10.5. The van der Waals surface area contributed by atoms with Gasteiger partial charge in [0.15, 0.2) is 0 Å². The maximum Gasteiger partial charge on any atom is 0.329 e. The molecule has 1 atom stereocenters. The first-order chi connectivity index (χ1) is 15.6. The van der Waals surface area contributed by atoms with Crippen LogP contribution >= 0.6 is 11.3 Å². The lowest BCUT2D eigenvalue weighted by atomic mass is 10.1. The zero-order valence-corrected chi connectivity index (χ0v) is 18.8. The Morgan fingerprint density at radius 3 is 2.59 bits per heavy atom. The predicted molar refractivity (Wildman–Crippen MR) is 126 cm³/mol. The van der Waals surface area contributed by atoms with Crippen molar-refractivity contribution < 1.29 is 14.3 Å². The summed E-state index contributed by atoms with van der Waals surface area (Å²) >= 11 is 1.41. The number of fused-ring (bicyclic) bond motifs is 1. The summed E-state index contributed by atoms with van der Waals surface area (Å²) in [5.41, 5.74) is 2.32. The minimum absolute atomic E-state index is 0.157. The molecular formula is C25H24N2O4S. The molecule has 0 radical (unpaired) electrons. The molecule has 0 aliphatic rings. The third kappa shape index (κ3) is 4.57. The van der Waals surface area contributed by atoms with Crippen LogP contribution in [0.1, 0.15) is 31.9 Å². The van der Waals surface area contributed by atoms with E-state index >= 15 is 0 Å². The smallest absolute Gasteiger partial charge is 0.329 e. The second kappa shape index (κ2) is 9.78. The van der Waals surface area contributed by atoms with Crippen molar-refractivity contribution in [2.24, 2.45) is 0 Å². The van der Waals surface area contributed by atoms with Crippen molar-refractivity contribution in [2.75, 3.05) is 6.61 Å². The van der Waals surface area contributed by atoms with Gasteiger partial charge in [0.2, 0.25) is 0 Å². The highest BCUT2D eigenvalue weighted by Crippen LogP contribution is 2.32. The Hall–Kier alpha value is -3.45. The van der Waals surface area contributed by atoms with Crippen LogP contribution in [0.15, 0.2) is 71.1 Å². The highest BCUT2D eigenvalue weighted by Gasteiger charge is 2.21. The molecule has 4 rings (SSSR count). The van der Waals surface area contributed by atoms with Gasteiger partial charge in [-0.25, -0.2) is 9.78 Å². The van der Waals surface area contributed by atoms with E-state index in [4.69, 9.17) is 9.47 Å². The molecular weight excluding hydrogens is 424 g/mol. The van der Waals surface area contributed by atoms with E-state index in [1.165, 1.54) is 22.2 Å². The van der Waals surface area contributed by atoms with Crippen LogP contribution in [0.3, 0.4) is 0 Å². The van der Waals surface area contributed by atoms with Crippen molar-refractivity contribution in [3.8, 4) is 16.9 Å². The molecule has 2 aromatic carbocycles. The molecule has 0 saturated carbocycles. The third-order valence-corrected chi connectivity index (χ3v) is 6.03. The van der Waals surface area contributed by atoms with Crippen LogP contribution in [0, 0.1) is 0 Å². The van der Waals surface area contributed by atoms with E-state index in [-0.39, 0.29) is 12.2 Å². The van der Waals surface area contributed by atoms with Crippen LogP contribution in [0.25, 0.3) is 21.3 Å². The summed E-state index contributed by atoms with van der Waals surface area (Å²) in [7, 11) is 0. The molecule has 0 aliphatic carbocycles. The fourth-order valence-electron chi connectivity index (χ4n) is 3.35. The first-order valence-corrected chi connectivity index (χ1v) is 11.4. The summed E-state index contributed by atoms with van der Waals surface area (Å²) in [6.45, 7) is 4.52. The minimum Gasteiger partial charge on any atom is -0.494 e. The minimum atomic E-state index is -0.791. The van der Waals surface area contributed by atoms with Gasteiger partial charge in [0.05, 0.1) is 18.3 Å². The van der Waals surface area contributed by atoms with Crippen LogP contribution in [-0.2, 0) is 16.1 Å². The number of rotatable bonds is 8. The molecule has 0 bridgehead atoms. The Morgan fingerprint density at radius 1 is 1.12 bits per heavy atom. The standard InChI is InChI=1S/C25H24N2O4S/c1-3-13-30-20-11-9-19(10-12-20)21-15-32-23-22(21)24(28)27(16-26-23)17(2)25(29)31-14-18-7-5-4-6-8-18/h4-12,15-17H,3,13-14H2,1-2H3. The molecule has 7 heteroatoms. The lowest BCUT2D eigenvalue weighted by Crippen LogP contribution is -2.29. The summed E-state index contributed by atoms with van der Waals surface area (Å²) in [6, 6.07) is 16.3. The molecule has 0 fully saturated rings. The summed E-state index contributed by atoms with van der Waals surface area (Å²) in [4.78, 5) is 31.0. The number of thiophene rings is 1. The van der Waals surface area contributed by atoms with Gasteiger partial charge in [-0.2, -0.15) is 0 Å². The molecule has 4 aromatic rings. The topological polar surface area (TPSA) is 70.4 Å². The molecule has 6 nitrogen and oxygen atoms in total. The Labute approximate surface area is 190 Å². The van der Waals surface area contributed by atoms with E-state index in [1.54, 1.807) is 6.92 Å². The van der Waals surface area contributed by atoms with Crippen LogP contribution in [-0.4, -0.2) is 22.1 Å². The Kier molecular flexibility index (Phi) is 6.66. The van der Waals surface area contributed by atoms with Gasteiger partial charge in [-0.15, -0.1) is 11.3 Å². The number of carbonyl (C=O) groups is 1. The zero-order chi connectivity index (χ0) is 22.5. The lowest BCUT2D eigenvalue weighted by Gasteiger charge is -2.14. The van der Waals surface area contributed by atoms with Gasteiger partial charge in [-0.05, 0) is 36.6 Å². The molecule has 32 heavy (non-hydrogen) atoms. The Bertz CT molecular complexity index is 1260. The Balaban J connectivity index is 1.59. The quantitative estimate of drug-likeness (QED) is 0.346. The van der Waals surface area contributed by atoms with E-state index in [2.05, 4.69) is 11.9 Å². The molecule has 0 saturated heterocycles. The molecule has 0 spiro atoms. The summed E-state index contributed by atoms with van der Waals surface area (Å²) in [5.74, 6) is 0.312. The number of hydrogen-bond donors (Lipinski definition) is 0. The maximum absolute atomic E-state index is 13.3. The van der Waals surface area contributed by atoms with Crippen LogP contribution in [0.5, 0.6) is 5.75 Å². The van der Waals surface area contributed by atoms with Gasteiger partial charge in [0.25, 0.3) is 5.56 Å². The van der Waals surface area contributed by atoms with Crippen LogP contribution in [0.2, 0.25) is 0 Å². The van der Waals surface area contributed by atoms with E-state index in [0.29, 0.717) is 16.8 Å². The van der Waals surface area contributed by atoms with Gasteiger partial charge in [-0.1, -0.05) is 49.4 Å². The number of benzene rings is 2. The fraction of sp³-hybridized carbons (Fsp3) is 0.240.